The molecule has 0 aliphatic carbocycles. The first-order valence-corrected chi connectivity index (χ1v) is 7.38. The molecule has 106 valence electrons. The van der Waals surface area contributed by atoms with Crippen molar-refractivity contribution in [3.63, 3.8) is 0 Å². The van der Waals surface area contributed by atoms with Gasteiger partial charge in [0, 0.05) is 17.8 Å². The molecule has 0 unspecified atom stereocenters. The Morgan fingerprint density at radius 2 is 1.86 bits per heavy atom. The molecule has 0 radical (unpaired) electrons. The first-order valence-electron chi connectivity index (χ1n) is 6.50. The zero-order valence-corrected chi connectivity index (χ0v) is 11.9. The van der Waals surface area contributed by atoms with Crippen LogP contribution < -0.4 is 5.32 Å². The molecule has 2 aromatic rings. The number of rotatable bonds is 3. The highest BCUT2D eigenvalue weighted by Crippen LogP contribution is 2.36. The molecule has 0 amide bonds. The molecule has 0 fully saturated rings. The van der Waals surface area contributed by atoms with Crippen molar-refractivity contribution in [3.8, 4) is 0 Å². The van der Waals surface area contributed by atoms with Crippen LogP contribution >= 0.6 is 11.8 Å². The zero-order chi connectivity index (χ0) is 14.7. The SMILES string of the molecule is O=[N+]([O-])c1ccc([C@H]2CN=C(Nc3ccccc3)S2)cc1. The molecule has 0 bridgehead atoms. The highest BCUT2D eigenvalue weighted by molar-refractivity contribution is 8.14. The number of thioether (sulfide) groups is 1. The van der Waals surface area contributed by atoms with Gasteiger partial charge in [-0.05, 0) is 17.7 Å². The van der Waals surface area contributed by atoms with E-state index in [0.29, 0.717) is 6.54 Å². The Morgan fingerprint density at radius 1 is 1.14 bits per heavy atom. The molecule has 1 atom stereocenters. The van der Waals surface area contributed by atoms with Gasteiger partial charge in [-0.2, -0.15) is 0 Å². The monoisotopic (exact) mass is 299 g/mol. The van der Waals surface area contributed by atoms with Crippen LogP contribution in [0.15, 0.2) is 59.6 Å². The van der Waals surface area contributed by atoms with Gasteiger partial charge in [0.2, 0.25) is 0 Å². The normalized spacial score (nSPS) is 17.3. The van der Waals surface area contributed by atoms with Crippen molar-refractivity contribution < 1.29 is 4.92 Å². The van der Waals surface area contributed by atoms with Gasteiger partial charge in [0.05, 0.1) is 16.7 Å². The van der Waals surface area contributed by atoms with E-state index in [-0.39, 0.29) is 15.9 Å². The third-order valence-corrected chi connectivity index (χ3v) is 4.32. The molecule has 2 aromatic carbocycles. The molecule has 1 aliphatic rings. The predicted octanol–water partition coefficient (Wildman–Crippen LogP) is 3.85. The molecule has 21 heavy (non-hydrogen) atoms. The molecule has 1 aliphatic heterocycles. The second-order valence-electron chi connectivity index (χ2n) is 4.59. The fraction of sp³-hybridized carbons (Fsp3) is 0.133. The Hall–Kier alpha value is -2.34. The number of anilines is 1. The van der Waals surface area contributed by atoms with Crippen LogP contribution in [0.25, 0.3) is 0 Å². The Balaban J connectivity index is 1.64. The van der Waals surface area contributed by atoms with E-state index in [2.05, 4.69) is 10.3 Å². The van der Waals surface area contributed by atoms with Crippen LogP contribution in [0.1, 0.15) is 10.8 Å². The third kappa shape index (κ3) is 3.22. The number of non-ortho nitro benzene ring substituents is 1. The lowest BCUT2D eigenvalue weighted by atomic mass is 10.1. The van der Waals surface area contributed by atoms with Gasteiger partial charge in [0.15, 0.2) is 5.17 Å². The Bertz CT molecular complexity index is 671. The Kier molecular flexibility index (Phi) is 3.87. The number of para-hydroxylation sites is 1. The van der Waals surface area contributed by atoms with Crippen LogP contribution in [0.5, 0.6) is 0 Å². The van der Waals surface area contributed by atoms with Crippen LogP contribution in [-0.2, 0) is 0 Å². The molecule has 5 nitrogen and oxygen atoms in total. The summed E-state index contributed by atoms with van der Waals surface area (Å²) in [5.74, 6) is 0. The van der Waals surface area contributed by atoms with E-state index >= 15 is 0 Å². The largest absolute Gasteiger partial charge is 0.335 e. The highest BCUT2D eigenvalue weighted by Gasteiger charge is 2.22. The van der Waals surface area contributed by atoms with Crippen LogP contribution in [-0.4, -0.2) is 16.6 Å². The van der Waals surface area contributed by atoms with E-state index in [4.69, 9.17) is 0 Å². The van der Waals surface area contributed by atoms with Gasteiger partial charge in [0.1, 0.15) is 0 Å². The molecular weight excluding hydrogens is 286 g/mol. The van der Waals surface area contributed by atoms with Crippen molar-refractivity contribution in [2.24, 2.45) is 4.99 Å². The summed E-state index contributed by atoms with van der Waals surface area (Å²) in [6, 6.07) is 16.6. The van der Waals surface area contributed by atoms with Gasteiger partial charge < -0.3 is 5.32 Å². The quantitative estimate of drug-likeness (QED) is 0.690. The van der Waals surface area contributed by atoms with Crippen LogP contribution in [0.3, 0.4) is 0 Å². The van der Waals surface area contributed by atoms with Gasteiger partial charge in [-0.25, -0.2) is 0 Å². The van der Waals surface area contributed by atoms with Crippen molar-refractivity contribution in [1.29, 1.82) is 0 Å². The minimum atomic E-state index is -0.384. The van der Waals surface area contributed by atoms with E-state index in [9.17, 15) is 10.1 Å². The van der Waals surface area contributed by atoms with Crippen molar-refractivity contribution in [3.05, 3.63) is 70.3 Å². The summed E-state index contributed by atoms with van der Waals surface area (Å²) in [7, 11) is 0. The first kappa shape index (κ1) is 13.6. The topological polar surface area (TPSA) is 67.5 Å². The summed E-state index contributed by atoms with van der Waals surface area (Å²) in [5, 5.41) is 15.0. The Labute approximate surface area is 126 Å². The molecule has 0 saturated heterocycles. The summed E-state index contributed by atoms with van der Waals surface area (Å²) in [5.41, 5.74) is 2.18. The zero-order valence-electron chi connectivity index (χ0n) is 11.1. The fourth-order valence-corrected chi connectivity index (χ4v) is 3.11. The van der Waals surface area contributed by atoms with E-state index in [1.165, 1.54) is 0 Å². The summed E-state index contributed by atoms with van der Waals surface area (Å²) in [6.07, 6.45) is 0. The van der Waals surface area contributed by atoms with E-state index in [1.54, 1.807) is 36.0 Å². The van der Waals surface area contributed by atoms with Crippen LogP contribution in [0.2, 0.25) is 0 Å². The number of aliphatic imine (C=N–C) groups is 1. The molecule has 3 rings (SSSR count). The number of benzene rings is 2. The maximum absolute atomic E-state index is 10.7. The van der Waals surface area contributed by atoms with Crippen LogP contribution in [0.4, 0.5) is 11.4 Å². The Morgan fingerprint density at radius 3 is 2.52 bits per heavy atom. The average Bonchev–Trinajstić information content (AvgIpc) is 2.97. The second kappa shape index (κ2) is 5.97. The molecule has 0 spiro atoms. The summed E-state index contributed by atoms with van der Waals surface area (Å²) in [4.78, 5) is 14.8. The minimum absolute atomic E-state index is 0.116. The predicted molar refractivity (Wildman–Crippen MR) is 85.8 cm³/mol. The van der Waals surface area contributed by atoms with Crippen molar-refractivity contribution in [2.75, 3.05) is 11.9 Å². The van der Waals surface area contributed by atoms with Crippen LogP contribution in [0, 0.1) is 10.1 Å². The van der Waals surface area contributed by atoms with Gasteiger partial charge >= 0.3 is 0 Å². The van der Waals surface area contributed by atoms with E-state index in [1.807, 2.05) is 30.3 Å². The number of nitro benzene ring substituents is 1. The van der Waals surface area contributed by atoms with Crippen molar-refractivity contribution >= 4 is 28.3 Å². The molecule has 0 aromatic heterocycles. The number of nitrogens with one attached hydrogen (secondary N) is 1. The summed E-state index contributed by atoms with van der Waals surface area (Å²) >= 11 is 1.64. The standard InChI is InChI=1S/C15H13N3O2S/c19-18(20)13-8-6-11(7-9-13)14-10-16-15(21-14)17-12-4-2-1-3-5-12/h1-9,14H,10H2,(H,16,17)/t14-/m1/s1. The molecule has 1 N–H and O–H groups in total. The molecule has 1 heterocycles. The summed E-state index contributed by atoms with van der Waals surface area (Å²) in [6.45, 7) is 0.678. The summed E-state index contributed by atoms with van der Waals surface area (Å²) < 4.78 is 0. The van der Waals surface area contributed by atoms with Gasteiger partial charge in [-0.1, -0.05) is 42.1 Å². The van der Waals surface area contributed by atoms with E-state index < -0.39 is 0 Å². The molecular formula is C15H13N3O2S. The van der Waals surface area contributed by atoms with Crippen molar-refractivity contribution in [1.82, 2.24) is 0 Å². The maximum Gasteiger partial charge on any atom is 0.269 e. The minimum Gasteiger partial charge on any atom is -0.335 e. The van der Waals surface area contributed by atoms with Gasteiger partial charge in [-0.15, -0.1) is 0 Å². The number of nitrogens with zero attached hydrogens (tertiary/aromatic N) is 2. The lowest BCUT2D eigenvalue weighted by Gasteiger charge is -2.09. The molecule has 0 saturated carbocycles. The van der Waals surface area contributed by atoms with Gasteiger partial charge in [-0.3, -0.25) is 15.1 Å². The number of nitro groups is 1. The smallest absolute Gasteiger partial charge is 0.269 e. The van der Waals surface area contributed by atoms with Gasteiger partial charge in [0.25, 0.3) is 5.69 Å². The maximum atomic E-state index is 10.7. The molecule has 6 heteroatoms. The number of hydrogen-bond acceptors (Lipinski definition) is 5. The number of hydrogen-bond donors (Lipinski definition) is 1. The van der Waals surface area contributed by atoms with E-state index in [0.717, 1.165) is 16.4 Å². The first-order chi connectivity index (χ1) is 10.2. The fourth-order valence-electron chi connectivity index (χ4n) is 2.07. The average molecular weight is 299 g/mol. The van der Waals surface area contributed by atoms with Crippen molar-refractivity contribution in [2.45, 2.75) is 5.25 Å². The lowest BCUT2D eigenvalue weighted by molar-refractivity contribution is -0.384. The highest BCUT2D eigenvalue weighted by atomic mass is 32.2. The lowest BCUT2D eigenvalue weighted by Crippen LogP contribution is -2.04. The second-order valence-corrected chi connectivity index (χ2v) is 5.78. The number of amidine groups is 1. The third-order valence-electron chi connectivity index (χ3n) is 3.16.